The van der Waals surface area contributed by atoms with Gasteiger partial charge in [0.1, 0.15) is 5.75 Å². The molecule has 27 heavy (non-hydrogen) atoms. The predicted octanol–water partition coefficient (Wildman–Crippen LogP) is 2.75. The van der Waals surface area contributed by atoms with Crippen molar-refractivity contribution in [3.8, 4) is 17.0 Å². The molecule has 1 aromatic carbocycles. The fourth-order valence-corrected chi connectivity index (χ4v) is 3.55. The summed E-state index contributed by atoms with van der Waals surface area (Å²) >= 11 is 0. The summed E-state index contributed by atoms with van der Waals surface area (Å²) in [5.41, 5.74) is 2.37. The van der Waals surface area contributed by atoms with E-state index in [9.17, 15) is 8.42 Å². The Morgan fingerprint density at radius 3 is 2.56 bits per heavy atom. The molecule has 7 nitrogen and oxygen atoms in total. The van der Waals surface area contributed by atoms with Crippen LogP contribution in [0.25, 0.3) is 11.3 Å². The fourth-order valence-electron chi connectivity index (χ4n) is 2.55. The molecular weight excluding hydrogens is 364 g/mol. The molecule has 1 N–H and O–H groups in total. The fraction of sp³-hybridized carbons (Fsp3) is 0.263. The normalized spacial score (nSPS) is 11.7. The summed E-state index contributed by atoms with van der Waals surface area (Å²) in [5.74, 6) is 0.636. The van der Waals surface area contributed by atoms with E-state index in [4.69, 9.17) is 4.74 Å². The third-order valence-electron chi connectivity index (χ3n) is 3.88. The smallest absolute Gasteiger partial charge is 0.240 e. The zero-order valence-electron chi connectivity index (χ0n) is 15.5. The van der Waals surface area contributed by atoms with Gasteiger partial charge in [0.25, 0.3) is 0 Å². The highest BCUT2D eigenvalue weighted by atomic mass is 32.2. The number of pyridine rings is 1. The van der Waals surface area contributed by atoms with Crippen molar-refractivity contribution in [3.63, 3.8) is 0 Å². The molecule has 3 aromatic rings. The highest BCUT2D eigenvalue weighted by Crippen LogP contribution is 2.19. The molecular formula is C19H22N4O3S. The van der Waals surface area contributed by atoms with Crippen LogP contribution in [0.1, 0.15) is 19.5 Å². The van der Waals surface area contributed by atoms with Crippen LogP contribution in [0.2, 0.25) is 0 Å². The van der Waals surface area contributed by atoms with Gasteiger partial charge in [-0.05, 0) is 56.3 Å². The molecule has 0 aliphatic rings. The molecule has 2 aromatic heterocycles. The number of ether oxygens (including phenoxy) is 1. The summed E-state index contributed by atoms with van der Waals surface area (Å²) in [6.07, 6.45) is 3.44. The number of rotatable bonds is 7. The van der Waals surface area contributed by atoms with Gasteiger partial charge in [-0.1, -0.05) is 0 Å². The number of sulfonamides is 1. The van der Waals surface area contributed by atoms with Gasteiger partial charge in [-0.25, -0.2) is 13.1 Å². The molecule has 8 heteroatoms. The minimum Gasteiger partial charge on any atom is -0.491 e. The van der Waals surface area contributed by atoms with Crippen molar-refractivity contribution in [2.75, 3.05) is 0 Å². The SMILES string of the molecule is CC(C)Oc1ccc(S(=O)(=O)NCc2cc(-c3cccnc3)nn2C)cc1. The molecule has 0 aliphatic heterocycles. The van der Waals surface area contributed by atoms with E-state index in [1.807, 2.05) is 32.0 Å². The third-order valence-corrected chi connectivity index (χ3v) is 5.30. The van der Waals surface area contributed by atoms with Gasteiger partial charge in [-0.2, -0.15) is 5.10 Å². The number of nitrogens with zero attached hydrogens (tertiary/aromatic N) is 3. The highest BCUT2D eigenvalue weighted by molar-refractivity contribution is 7.89. The van der Waals surface area contributed by atoms with E-state index in [1.54, 1.807) is 36.3 Å². The monoisotopic (exact) mass is 386 g/mol. The van der Waals surface area contributed by atoms with Crippen LogP contribution in [-0.2, 0) is 23.6 Å². The predicted molar refractivity (Wildman–Crippen MR) is 103 cm³/mol. The first-order valence-electron chi connectivity index (χ1n) is 8.55. The molecule has 0 fully saturated rings. The Morgan fingerprint density at radius 1 is 1.19 bits per heavy atom. The lowest BCUT2D eigenvalue weighted by atomic mass is 10.2. The lowest BCUT2D eigenvalue weighted by molar-refractivity contribution is 0.242. The Balaban J connectivity index is 1.71. The Bertz CT molecular complexity index is 997. The quantitative estimate of drug-likeness (QED) is 0.675. The lowest BCUT2D eigenvalue weighted by Gasteiger charge is -2.11. The molecule has 0 atom stereocenters. The van der Waals surface area contributed by atoms with E-state index < -0.39 is 10.0 Å². The average Bonchev–Trinajstić information content (AvgIpc) is 3.02. The summed E-state index contributed by atoms with van der Waals surface area (Å²) in [5, 5.41) is 4.42. The van der Waals surface area contributed by atoms with E-state index in [-0.39, 0.29) is 17.5 Å². The third kappa shape index (κ3) is 4.72. The molecule has 0 radical (unpaired) electrons. The summed E-state index contributed by atoms with van der Waals surface area (Å²) in [6.45, 7) is 3.97. The van der Waals surface area contributed by atoms with Crippen molar-refractivity contribution in [1.82, 2.24) is 19.5 Å². The van der Waals surface area contributed by atoms with Crippen LogP contribution in [-0.4, -0.2) is 29.3 Å². The number of nitrogens with one attached hydrogen (secondary N) is 1. The van der Waals surface area contributed by atoms with E-state index >= 15 is 0 Å². The second kappa shape index (κ2) is 7.89. The maximum Gasteiger partial charge on any atom is 0.240 e. The zero-order chi connectivity index (χ0) is 19.4. The van der Waals surface area contributed by atoms with Gasteiger partial charge in [-0.15, -0.1) is 0 Å². The van der Waals surface area contributed by atoms with Crippen molar-refractivity contribution in [2.24, 2.45) is 7.05 Å². The average molecular weight is 386 g/mol. The van der Waals surface area contributed by atoms with Crippen LogP contribution in [0.15, 0.2) is 59.8 Å². The highest BCUT2D eigenvalue weighted by Gasteiger charge is 2.16. The minimum atomic E-state index is -3.63. The van der Waals surface area contributed by atoms with Gasteiger partial charge in [0, 0.05) is 25.0 Å². The van der Waals surface area contributed by atoms with Crippen molar-refractivity contribution in [1.29, 1.82) is 0 Å². The zero-order valence-corrected chi connectivity index (χ0v) is 16.3. The van der Waals surface area contributed by atoms with E-state index in [0.717, 1.165) is 17.0 Å². The molecule has 0 saturated heterocycles. The first-order valence-corrected chi connectivity index (χ1v) is 10.0. The van der Waals surface area contributed by atoms with Crippen molar-refractivity contribution in [2.45, 2.75) is 31.4 Å². The topological polar surface area (TPSA) is 86.1 Å². The first kappa shape index (κ1) is 19.1. The molecule has 0 unspecified atom stereocenters. The number of benzene rings is 1. The first-order chi connectivity index (χ1) is 12.8. The molecule has 2 heterocycles. The second-order valence-corrected chi connectivity index (χ2v) is 8.12. The second-order valence-electron chi connectivity index (χ2n) is 6.35. The van der Waals surface area contributed by atoms with Gasteiger partial charge in [-0.3, -0.25) is 9.67 Å². The van der Waals surface area contributed by atoms with Crippen LogP contribution in [0.5, 0.6) is 5.75 Å². The van der Waals surface area contributed by atoms with Gasteiger partial charge in [0.15, 0.2) is 0 Å². The number of aromatic nitrogens is 3. The Morgan fingerprint density at radius 2 is 1.93 bits per heavy atom. The Kier molecular flexibility index (Phi) is 5.57. The van der Waals surface area contributed by atoms with Crippen molar-refractivity contribution in [3.05, 3.63) is 60.6 Å². The lowest BCUT2D eigenvalue weighted by Crippen LogP contribution is -2.24. The maximum atomic E-state index is 12.5. The number of aryl methyl sites for hydroxylation is 1. The Labute approximate surface area is 159 Å². The van der Waals surface area contributed by atoms with Crippen molar-refractivity contribution >= 4 is 10.0 Å². The van der Waals surface area contributed by atoms with E-state index in [1.165, 1.54) is 12.1 Å². The molecule has 0 bridgehead atoms. The number of hydrogen-bond donors (Lipinski definition) is 1. The summed E-state index contributed by atoms with van der Waals surface area (Å²) in [7, 11) is -1.86. The largest absolute Gasteiger partial charge is 0.491 e. The molecule has 0 aliphatic carbocycles. The molecule has 142 valence electrons. The maximum absolute atomic E-state index is 12.5. The van der Waals surface area contributed by atoms with Gasteiger partial charge in [0.2, 0.25) is 10.0 Å². The molecule has 0 saturated carbocycles. The van der Waals surface area contributed by atoms with Crippen LogP contribution in [0.4, 0.5) is 0 Å². The summed E-state index contributed by atoms with van der Waals surface area (Å²) in [6, 6.07) is 12.0. The van der Waals surface area contributed by atoms with Gasteiger partial charge in [0.05, 0.1) is 28.9 Å². The molecule has 0 spiro atoms. The summed E-state index contributed by atoms with van der Waals surface area (Å²) in [4.78, 5) is 4.27. The van der Waals surface area contributed by atoms with Crippen LogP contribution in [0.3, 0.4) is 0 Å². The molecule has 0 amide bonds. The van der Waals surface area contributed by atoms with Gasteiger partial charge < -0.3 is 4.74 Å². The van der Waals surface area contributed by atoms with Crippen molar-refractivity contribution < 1.29 is 13.2 Å². The Hall–Kier alpha value is -2.71. The van der Waals surface area contributed by atoms with Crippen LogP contribution >= 0.6 is 0 Å². The van der Waals surface area contributed by atoms with Gasteiger partial charge >= 0.3 is 0 Å². The standard InChI is InChI=1S/C19H22N4O3S/c1-14(2)26-17-6-8-18(9-7-17)27(24,25)21-13-16-11-19(22-23(16)3)15-5-4-10-20-12-15/h4-12,14,21H,13H2,1-3H3. The minimum absolute atomic E-state index is 0.0319. The molecule has 3 rings (SSSR count). The van der Waals surface area contributed by atoms with E-state index in [0.29, 0.717) is 5.75 Å². The van der Waals surface area contributed by atoms with Crippen LogP contribution < -0.4 is 9.46 Å². The van der Waals surface area contributed by atoms with E-state index in [2.05, 4.69) is 14.8 Å². The summed E-state index contributed by atoms with van der Waals surface area (Å²) < 4.78 is 34.9. The van der Waals surface area contributed by atoms with Crippen LogP contribution in [0, 0.1) is 0 Å². The number of hydrogen-bond acceptors (Lipinski definition) is 5.